The Morgan fingerprint density at radius 1 is 1.32 bits per heavy atom. The SMILES string of the molecule is C=C/C=C(\C=NC)N1Cc2nn(-c3cnc(N4CCC(C)C4)nc3)cc2C1=C. The lowest BCUT2D eigenvalue weighted by Gasteiger charge is -2.20. The van der Waals surface area contributed by atoms with E-state index >= 15 is 0 Å². The fourth-order valence-corrected chi connectivity index (χ4v) is 3.71. The van der Waals surface area contributed by atoms with Crippen molar-refractivity contribution in [2.24, 2.45) is 10.9 Å². The first-order valence-electron chi connectivity index (χ1n) is 9.48. The van der Waals surface area contributed by atoms with Crippen LogP contribution < -0.4 is 4.90 Å². The van der Waals surface area contributed by atoms with Crippen molar-refractivity contribution in [2.45, 2.75) is 19.9 Å². The summed E-state index contributed by atoms with van der Waals surface area (Å²) in [6.07, 6.45) is 12.3. The van der Waals surface area contributed by atoms with Crippen molar-refractivity contribution in [2.75, 3.05) is 25.0 Å². The molecule has 0 N–H and O–H groups in total. The third-order valence-electron chi connectivity index (χ3n) is 5.19. The van der Waals surface area contributed by atoms with E-state index in [1.54, 1.807) is 19.3 Å². The Bertz CT molecular complexity index is 952. The van der Waals surface area contributed by atoms with Crippen LogP contribution in [0.5, 0.6) is 0 Å². The number of nitrogens with zero attached hydrogens (tertiary/aromatic N) is 7. The molecule has 0 bridgehead atoms. The minimum atomic E-state index is 0.650. The molecule has 0 aliphatic carbocycles. The van der Waals surface area contributed by atoms with Crippen molar-refractivity contribution in [3.63, 3.8) is 0 Å². The summed E-state index contributed by atoms with van der Waals surface area (Å²) < 4.78 is 1.83. The van der Waals surface area contributed by atoms with Gasteiger partial charge in [0.2, 0.25) is 5.95 Å². The molecule has 144 valence electrons. The number of fused-ring (bicyclic) bond motifs is 1. The molecule has 4 rings (SSSR count). The van der Waals surface area contributed by atoms with Crippen LogP contribution in [0.25, 0.3) is 11.4 Å². The zero-order valence-electron chi connectivity index (χ0n) is 16.4. The van der Waals surface area contributed by atoms with Gasteiger partial charge in [-0.15, -0.1) is 0 Å². The predicted octanol–water partition coefficient (Wildman–Crippen LogP) is 3.07. The molecule has 28 heavy (non-hydrogen) atoms. The number of hydrogen-bond acceptors (Lipinski definition) is 6. The van der Waals surface area contributed by atoms with Crippen LogP contribution in [-0.2, 0) is 6.54 Å². The molecular formula is C21H25N7. The van der Waals surface area contributed by atoms with Gasteiger partial charge in [0.05, 0.1) is 30.3 Å². The van der Waals surface area contributed by atoms with Crippen molar-refractivity contribution >= 4 is 17.9 Å². The molecule has 7 nitrogen and oxygen atoms in total. The average molecular weight is 375 g/mol. The summed E-state index contributed by atoms with van der Waals surface area (Å²) in [6.45, 7) is 13.0. The van der Waals surface area contributed by atoms with E-state index in [0.29, 0.717) is 12.5 Å². The quantitative estimate of drug-likeness (QED) is 0.594. The van der Waals surface area contributed by atoms with Gasteiger partial charge in [-0.3, -0.25) is 4.99 Å². The lowest BCUT2D eigenvalue weighted by Crippen LogP contribution is -2.21. The molecular weight excluding hydrogens is 350 g/mol. The summed E-state index contributed by atoms with van der Waals surface area (Å²) in [4.78, 5) is 17.5. The normalized spacial score (nSPS) is 19.7. The second-order valence-electron chi connectivity index (χ2n) is 7.26. The van der Waals surface area contributed by atoms with E-state index in [1.807, 2.05) is 29.3 Å². The van der Waals surface area contributed by atoms with Crippen LogP contribution in [0.15, 0.2) is 54.6 Å². The molecule has 1 unspecified atom stereocenters. The first kappa shape index (κ1) is 18.2. The Morgan fingerprint density at radius 3 is 2.71 bits per heavy atom. The zero-order valence-corrected chi connectivity index (χ0v) is 16.4. The van der Waals surface area contributed by atoms with E-state index in [1.165, 1.54) is 6.42 Å². The van der Waals surface area contributed by atoms with Crippen molar-refractivity contribution in [1.82, 2.24) is 24.6 Å². The molecule has 0 radical (unpaired) electrons. The van der Waals surface area contributed by atoms with Crippen LogP contribution in [0.4, 0.5) is 5.95 Å². The minimum Gasteiger partial charge on any atom is -0.341 e. The van der Waals surface area contributed by atoms with Crippen molar-refractivity contribution in [3.05, 3.63) is 60.9 Å². The minimum absolute atomic E-state index is 0.650. The predicted molar refractivity (Wildman–Crippen MR) is 112 cm³/mol. The van der Waals surface area contributed by atoms with Crippen LogP contribution >= 0.6 is 0 Å². The van der Waals surface area contributed by atoms with Gasteiger partial charge in [-0.1, -0.05) is 26.2 Å². The van der Waals surface area contributed by atoms with E-state index < -0.39 is 0 Å². The largest absolute Gasteiger partial charge is 0.341 e. The van der Waals surface area contributed by atoms with E-state index in [9.17, 15) is 0 Å². The monoisotopic (exact) mass is 375 g/mol. The van der Waals surface area contributed by atoms with E-state index in [2.05, 4.69) is 44.8 Å². The van der Waals surface area contributed by atoms with Gasteiger partial charge < -0.3 is 9.80 Å². The summed E-state index contributed by atoms with van der Waals surface area (Å²) in [5, 5.41) is 4.73. The number of hydrogen-bond donors (Lipinski definition) is 0. The molecule has 2 aromatic heterocycles. The Labute approximate surface area is 165 Å². The highest BCUT2D eigenvalue weighted by Gasteiger charge is 2.28. The molecule has 2 aliphatic rings. The molecule has 1 saturated heterocycles. The highest BCUT2D eigenvalue weighted by molar-refractivity contribution is 5.83. The molecule has 2 aliphatic heterocycles. The Hall–Kier alpha value is -3.22. The third kappa shape index (κ3) is 3.24. The summed E-state index contributed by atoms with van der Waals surface area (Å²) in [5.41, 5.74) is 4.69. The molecule has 1 atom stereocenters. The maximum atomic E-state index is 4.73. The smallest absolute Gasteiger partial charge is 0.225 e. The van der Waals surface area contributed by atoms with Crippen LogP contribution in [0.3, 0.4) is 0 Å². The number of aromatic nitrogens is 4. The second-order valence-corrected chi connectivity index (χ2v) is 7.26. The van der Waals surface area contributed by atoms with Gasteiger partial charge in [0.25, 0.3) is 0 Å². The molecule has 0 spiro atoms. The maximum absolute atomic E-state index is 4.73. The van der Waals surface area contributed by atoms with E-state index in [0.717, 1.165) is 47.4 Å². The number of aliphatic imine (C=N–C) groups is 1. The van der Waals surface area contributed by atoms with Gasteiger partial charge >= 0.3 is 0 Å². The summed E-state index contributed by atoms with van der Waals surface area (Å²) in [6, 6.07) is 0. The van der Waals surface area contributed by atoms with Crippen LogP contribution in [0.2, 0.25) is 0 Å². The molecule has 0 aromatic carbocycles. The summed E-state index contributed by atoms with van der Waals surface area (Å²) in [7, 11) is 1.75. The van der Waals surface area contributed by atoms with E-state index in [-0.39, 0.29) is 0 Å². The first-order chi connectivity index (χ1) is 13.6. The third-order valence-corrected chi connectivity index (χ3v) is 5.19. The highest BCUT2D eigenvalue weighted by Crippen LogP contribution is 2.34. The molecule has 0 saturated carbocycles. The number of anilines is 1. The fraction of sp³-hybridized carbons (Fsp3) is 0.333. The number of allylic oxidation sites excluding steroid dienone is 3. The highest BCUT2D eigenvalue weighted by atomic mass is 15.3. The Balaban J connectivity index is 1.54. The van der Waals surface area contributed by atoms with Crippen LogP contribution in [0.1, 0.15) is 24.6 Å². The Kier molecular flexibility index (Phi) is 4.81. The molecule has 4 heterocycles. The van der Waals surface area contributed by atoms with Gasteiger partial charge in [-0.25, -0.2) is 14.6 Å². The Morgan fingerprint density at radius 2 is 2.11 bits per heavy atom. The first-order valence-corrected chi connectivity index (χ1v) is 9.48. The van der Waals surface area contributed by atoms with Gasteiger partial charge in [-0.05, 0) is 18.4 Å². The lowest BCUT2D eigenvalue weighted by molar-refractivity contribution is 0.522. The maximum Gasteiger partial charge on any atom is 0.225 e. The zero-order chi connectivity index (χ0) is 19.7. The average Bonchev–Trinajstić information content (AvgIpc) is 3.38. The standard InChI is InChI=1S/C21H25N7/c1-5-6-17(9-22-4)27-14-20-19(16(27)3)13-28(25-20)18-10-23-21(24-11-18)26-8-7-15(2)12-26/h5-6,9-11,13,15H,1,3,7-8,12,14H2,2,4H3/b17-6+,22-9?. The van der Waals surface area contributed by atoms with Crippen LogP contribution in [0, 0.1) is 5.92 Å². The van der Waals surface area contributed by atoms with Crippen molar-refractivity contribution in [1.29, 1.82) is 0 Å². The van der Waals surface area contributed by atoms with Gasteiger partial charge in [-0.2, -0.15) is 5.10 Å². The van der Waals surface area contributed by atoms with Gasteiger partial charge in [0, 0.05) is 43.8 Å². The van der Waals surface area contributed by atoms with Crippen molar-refractivity contribution in [3.8, 4) is 5.69 Å². The fourth-order valence-electron chi connectivity index (χ4n) is 3.71. The lowest BCUT2D eigenvalue weighted by atomic mass is 10.2. The van der Waals surface area contributed by atoms with Crippen molar-refractivity contribution < 1.29 is 0 Å². The van der Waals surface area contributed by atoms with E-state index in [4.69, 9.17) is 5.10 Å². The molecule has 2 aromatic rings. The number of rotatable bonds is 5. The van der Waals surface area contributed by atoms with Gasteiger partial charge in [0.1, 0.15) is 5.69 Å². The molecule has 7 heteroatoms. The molecule has 0 amide bonds. The topological polar surface area (TPSA) is 62.4 Å². The van der Waals surface area contributed by atoms with Gasteiger partial charge in [0.15, 0.2) is 0 Å². The molecule has 1 fully saturated rings. The summed E-state index contributed by atoms with van der Waals surface area (Å²) in [5.74, 6) is 1.49. The second kappa shape index (κ2) is 7.42. The summed E-state index contributed by atoms with van der Waals surface area (Å²) >= 11 is 0. The van der Waals surface area contributed by atoms with Crippen LogP contribution in [-0.4, -0.2) is 51.0 Å².